The molecule has 0 saturated carbocycles. The predicted octanol–water partition coefficient (Wildman–Crippen LogP) is 4.91. The standard InChI is InChI=1S/C24H27NO2S/c1-25-23(26)17-18-28-24(19-9-5-3-6-10-19,20-11-7-4-8-12-20)21-13-15-22(27-2)16-14-21/h3-13,15-16,21H,14,17-18H2,1-2H3,(H,25,26). The number of nitrogens with one attached hydrogen (secondary N) is 1. The van der Waals surface area contributed by atoms with E-state index in [2.05, 4.69) is 72.1 Å². The molecule has 0 bridgehead atoms. The van der Waals surface area contributed by atoms with Gasteiger partial charge in [-0.3, -0.25) is 4.79 Å². The van der Waals surface area contributed by atoms with Crippen LogP contribution < -0.4 is 5.32 Å². The van der Waals surface area contributed by atoms with Crippen molar-refractivity contribution in [1.82, 2.24) is 5.32 Å². The van der Waals surface area contributed by atoms with E-state index in [1.165, 1.54) is 11.1 Å². The Labute approximate surface area is 171 Å². The summed E-state index contributed by atoms with van der Waals surface area (Å²) in [7, 11) is 3.39. The minimum absolute atomic E-state index is 0.0725. The molecule has 2 aromatic rings. The van der Waals surface area contributed by atoms with Crippen molar-refractivity contribution in [2.24, 2.45) is 5.92 Å². The van der Waals surface area contributed by atoms with Crippen LogP contribution in [0.2, 0.25) is 0 Å². The summed E-state index contributed by atoms with van der Waals surface area (Å²) >= 11 is 1.85. The van der Waals surface area contributed by atoms with Gasteiger partial charge < -0.3 is 10.1 Å². The van der Waals surface area contributed by atoms with Crippen LogP contribution in [0.15, 0.2) is 84.7 Å². The highest BCUT2D eigenvalue weighted by Gasteiger charge is 2.41. The second kappa shape index (κ2) is 9.65. The molecule has 146 valence electrons. The SMILES string of the molecule is CNC(=O)CCSC(c1ccccc1)(c1ccccc1)C1C=CC(OC)=CC1. The minimum Gasteiger partial charge on any atom is -0.497 e. The Bertz CT molecular complexity index is 791. The summed E-state index contributed by atoms with van der Waals surface area (Å²) in [4.78, 5) is 11.9. The smallest absolute Gasteiger partial charge is 0.220 e. The molecule has 4 heteroatoms. The van der Waals surface area contributed by atoms with Crippen LogP contribution in [0.1, 0.15) is 24.0 Å². The first-order valence-corrected chi connectivity index (χ1v) is 10.6. The lowest BCUT2D eigenvalue weighted by atomic mass is 9.76. The van der Waals surface area contributed by atoms with E-state index in [9.17, 15) is 4.79 Å². The van der Waals surface area contributed by atoms with Crippen molar-refractivity contribution in [2.75, 3.05) is 19.9 Å². The maximum Gasteiger partial charge on any atom is 0.220 e. The molecule has 1 amide bonds. The zero-order valence-corrected chi connectivity index (χ0v) is 17.2. The number of amides is 1. The van der Waals surface area contributed by atoms with Gasteiger partial charge in [0.25, 0.3) is 0 Å². The van der Waals surface area contributed by atoms with Crippen LogP contribution in [-0.2, 0) is 14.3 Å². The van der Waals surface area contributed by atoms with Crippen molar-refractivity contribution in [1.29, 1.82) is 0 Å². The summed E-state index contributed by atoms with van der Waals surface area (Å²) in [5.74, 6) is 1.98. The molecule has 2 aromatic carbocycles. The normalized spacial score (nSPS) is 16.4. The Morgan fingerprint density at radius 1 is 1.11 bits per heavy atom. The van der Waals surface area contributed by atoms with Crippen LogP contribution in [0.4, 0.5) is 0 Å². The van der Waals surface area contributed by atoms with E-state index in [4.69, 9.17) is 4.74 Å². The minimum atomic E-state index is -0.275. The van der Waals surface area contributed by atoms with Crippen molar-refractivity contribution in [3.8, 4) is 0 Å². The maximum atomic E-state index is 11.9. The van der Waals surface area contributed by atoms with Crippen LogP contribution in [-0.4, -0.2) is 25.8 Å². The third kappa shape index (κ3) is 4.33. The fraction of sp³-hybridized carbons (Fsp3) is 0.292. The summed E-state index contributed by atoms with van der Waals surface area (Å²) in [6.45, 7) is 0. The molecule has 0 aliphatic heterocycles. The van der Waals surface area contributed by atoms with Crippen LogP contribution in [0, 0.1) is 5.92 Å². The number of benzene rings is 2. The lowest BCUT2D eigenvalue weighted by Gasteiger charge is -2.41. The number of allylic oxidation sites excluding steroid dienone is 3. The van der Waals surface area contributed by atoms with E-state index in [0.717, 1.165) is 17.9 Å². The second-order valence-corrected chi connectivity index (χ2v) is 8.09. The molecule has 1 N–H and O–H groups in total. The Kier molecular flexibility index (Phi) is 6.99. The number of hydrogen-bond acceptors (Lipinski definition) is 3. The van der Waals surface area contributed by atoms with Crippen molar-refractivity contribution in [3.05, 3.63) is 95.8 Å². The molecule has 3 rings (SSSR count). The van der Waals surface area contributed by atoms with E-state index in [1.807, 2.05) is 23.9 Å². The van der Waals surface area contributed by atoms with Gasteiger partial charge in [0.1, 0.15) is 5.76 Å². The summed E-state index contributed by atoms with van der Waals surface area (Å²) in [5, 5.41) is 2.73. The third-order valence-corrected chi connectivity index (χ3v) is 6.80. The lowest BCUT2D eigenvalue weighted by molar-refractivity contribution is -0.120. The maximum absolute atomic E-state index is 11.9. The van der Waals surface area contributed by atoms with E-state index in [1.54, 1.807) is 14.2 Å². The van der Waals surface area contributed by atoms with Gasteiger partial charge >= 0.3 is 0 Å². The molecule has 28 heavy (non-hydrogen) atoms. The molecule has 0 fully saturated rings. The van der Waals surface area contributed by atoms with Crippen LogP contribution in [0.5, 0.6) is 0 Å². The molecule has 1 unspecified atom stereocenters. The third-order valence-electron chi connectivity index (χ3n) is 5.17. The van der Waals surface area contributed by atoms with Gasteiger partial charge in [-0.15, -0.1) is 11.8 Å². The molecule has 0 aromatic heterocycles. The highest BCUT2D eigenvalue weighted by Crippen LogP contribution is 2.51. The van der Waals surface area contributed by atoms with E-state index < -0.39 is 0 Å². The first kappa shape index (κ1) is 20.3. The molecule has 1 atom stereocenters. The summed E-state index contributed by atoms with van der Waals surface area (Å²) in [5.41, 5.74) is 2.51. The van der Waals surface area contributed by atoms with Gasteiger partial charge in [-0.2, -0.15) is 0 Å². The molecule has 1 aliphatic rings. The van der Waals surface area contributed by atoms with Gasteiger partial charge in [-0.05, 0) is 29.7 Å². The Balaban J connectivity index is 2.05. The zero-order chi connectivity index (χ0) is 19.8. The number of carbonyl (C=O) groups excluding carboxylic acids is 1. The molecular formula is C24H27NO2S. The Hall–Kier alpha value is -2.46. The molecule has 1 aliphatic carbocycles. The van der Waals surface area contributed by atoms with E-state index >= 15 is 0 Å². The number of methoxy groups -OCH3 is 1. The van der Waals surface area contributed by atoms with Crippen LogP contribution in [0.25, 0.3) is 0 Å². The van der Waals surface area contributed by atoms with Gasteiger partial charge in [-0.1, -0.05) is 66.7 Å². The fourth-order valence-corrected chi connectivity index (χ4v) is 5.33. The molecule has 0 radical (unpaired) electrons. The number of hydrogen-bond donors (Lipinski definition) is 1. The number of thioether (sulfide) groups is 1. The highest BCUT2D eigenvalue weighted by atomic mass is 32.2. The lowest BCUT2D eigenvalue weighted by Crippen LogP contribution is -2.34. The number of ether oxygens (including phenoxy) is 1. The van der Waals surface area contributed by atoms with Gasteiger partial charge in [0.05, 0.1) is 11.9 Å². The molecule has 0 spiro atoms. The van der Waals surface area contributed by atoms with Gasteiger partial charge in [0.2, 0.25) is 5.91 Å². The van der Waals surface area contributed by atoms with Crippen molar-refractivity contribution in [3.63, 3.8) is 0 Å². The van der Waals surface area contributed by atoms with Gasteiger partial charge in [0.15, 0.2) is 0 Å². The predicted molar refractivity (Wildman–Crippen MR) is 117 cm³/mol. The molecule has 0 heterocycles. The van der Waals surface area contributed by atoms with E-state index in [0.29, 0.717) is 6.42 Å². The van der Waals surface area contributed by atoms with Crippen LogP contribution in [0.3, 0.4) is 0 Å². The average Bonchev–Trinajstić information content (AvgIpc) is 2.78. The molecular weight excluding hydrogens is 366 g/mol. The van der Waals surface area contributed by atoms with Gasteiger partial charge in [-0.25, -0.2) is 0 Å². The molecule has 3 nitrogen and oxygen atoms in total. The fourth-order valence-electron chi connectivity index (χ4n) is 3.72. The van der Waals surface area contributed by atoms with Crippen molar-refractivity contribution >= 4 is 17.7 Å². The van der Waals surface area contributed by atoms with Crippen molar-refractivity contribution < 1.29 is 9.53 Å². The summed E-state index contributed by atoms with van der Waals surface area (Å²) in [6.07, 6.45) is 7.86. The molecule has 0 saturated heterocycles. The monoisotopic (exact) mass is 393 g/mol. The van der Waals surface area contributed by atoms with E-state index in [-0.39, 0.29) is 16.6 Å². The van der Waals surface area contributed by atoms with Crippen LogP contribution >= 0.6 is 11.8 Å². The first-order chi connectivity index (χ1) is 13.7. The quantitative estimate of drug-likeness (QED) is 0.693. The second-order valence-electron chi connectivity index (χ2n) is 6.75. The summed E-state index contributed by atoms with van der Waals surface area (Å²) < 4.78 is 5.13. The number of rotatable bonds is 8. The average molecular weight is 394 g/mol. The number of carbonyl (C=O) groups is 1. The Morgan fingerprint density at radius 2 is 1.71 bits per heavy atom. The van der Waals surface area contributed by atoms with Gasteiger partial charge in [0, 0.05) is 25.1 Å². The largest absolute Gasteiger partial charge is 0.497 e. The Morgan fingerprint density at radius 3 is 2.18 bits per heavy atom. The zero-order valence-electron chi connectivity index (χ0n) is 16.4. The van der Waals surface area contributed by atoms with Crippen molar-refractivity contribution in [2.45, 2.75) is 17.6 Å². The summed E-state index contributed by atoms with van der Waals surface area (Å²) in [6, 6.07) is 21.3. The first-order valence-electron chi connectivity index (χ1n) is 9.58. The highest BCUT2D eigenvalue weighted by molar-refractivity contribution is 8.00. The topological polar surface area (TPSA) is 38.3 Å².